The molecule has 1 N–H and O–H groups in total. The molecule has 1 saturated carbocycles. The van der Waals surface area contributed by atoms with E-state index in [0.29, 0.717) is 6.04 Å². The highest BCUT2D eigenvalue weighted by atomic mass is 32.1. The van der Waals surface area contributed by atoms with Crippen LogP contribution >= 0.6 is 11.3 Å². The lowest BCUT2D eigenvalue weighted by Crippen LogP contribution is -2.51. The fourth-order valence-corrected chi connectivity index (χ4v) is 3.68. The topological polar surface area (TPSA) is 21.3 Å². The van der Waals surface area contributed by atoms with Crippen molar-refractivity contribution in [2.24, 2.45) is 0 Å². The van der Waals surface area contributed by atoms with Crippen LogP contribution in [0.3, 0.4) is 0 Å². The molecule has 2 nitrogen and oxygen atoms in total. The van der Waals surface area contributed by atoms with Crippen LogP contribution in [0.25, 0.3) is 0 Å². The van der Waals surface area contributed by atoms with Gasteiger partial charge in [-0.05, 0) is 50.0 Å². The first-order chi connectivity index (χ1) is 8.36. The first-order valence-electron chi connectivity index (χ1n) is 6.76. The summed E-state index contributed by atoms with van der Waals surface area (Å²) in [7, 11) is 0. The van der Waals surface area contributed by atoms with Crippen molar-refractivity contribution in [2.75, 3.05) is 13.2 Å². The molecule has 1 spiro atoms. The first-order valence-corrected chi connectivity index (χ1v) is 7.64. The second-order valence-electron chi connectivity index (χ2n) is 5.36. The van der Waals surface area contributed by atoms with E-state index >= 15 is 0 Å². The minimum absolute atomic E-state index is 0.277. The number of ether oxygens (including phenoxy) is 1. The highest BCUT2D eigenvalue weighted by Crippen LogP contribution is 2.42. The molecular weight excluding hydrogens is 230 g/mol. The third kappa shape index (κ3) is 2.72. The molecule has 1 unspecified atom stereocenters. The minimum atomic E-state index is 0.277. The molecule has 1 aromatic heterocycles. The van der Waals surface area contributed by atoms with Gasteiger partial charge < -0.3 is 10.1 Å². The molecule has 0 bridgehead atoms. The Labute approximate surface area is 107 Å². The quantitative estimate of drug-likeness (QED) is 0.888. The van der Waals surface area contributed by atoms with E-state index in [9.17, 15) is 0 Å². The lowest BCUT2D eigenvalue weighted by molar-refractivity contribution is -0.135. The maximum atomic E-state index is 5.95. The van der Waals surface area contributed by atoms with Crippen LogP contribution in [0.15, 0.2) is 17.5 Å². The van der Waals surface area contributed by atoms with Gasteiger partial charge in [0.15, 0.2) is 0 Å². The van der Waals surface area contributed by atoms with Gasteiger partial charge in [0, 0.05) is 24.1 Å². The lowest BCUT2D eigenvalue weighted by atomic mass is 9.74. The van der Waals surface area contributed by atoms with Gasteiger partial charge in [0.2, 0.25) is 0 Å². The van der Waals surface area contributed by atoms with Gasteiger partial charge in [-0.1, -0.05) is 6.07 Å². The molecule has 2 heterocycles. The zero-order valence-corrected chi connectivity index (χ0v) is 11.1. The Hall–Kier alpha value is -0.380. The molecular formula is C14H21NOS. The summed E-state index contributed by atoms with van der Waals surface area (Å²) in [6.07, 6.45) is 7.53. The van der Waals surface area contributed by atoms with Gasteiger partial charge in [0.25, 0.3) is 0 Å². The number of rotatable bonds is 4. The molecule has 0 radical (unpaired) electrons. The van der Waals surface area contributed by atoms with E-state index < -0.39 is 0 Å². The van der Waals surface area contributed by atoms with Crippen LogP contribution in [-0.2, 0) is 11.2 Å². The van der Waals surface area contributed by atoms with Gasteiger partial charge in [0.1, 0.15) is 0 Å². The summed E-state index contributed by atoms with van der Waals surface area (Å²) in [4.78, 5) is 1.49. The van der Waals surface area contributed by atoms with Gasteiger partial charge in [0.05, 0.1) is 5.60 Å². The second kappa shape index (κ2) is 5.09. The molecule has 1 saturated heterocycles. The van der Waals surface area contributed by atoms with E-state index in [-0.39, 0.29) is 5.60 Å². The number of thiophene rings is 1. The summed E-state index contributed by atoms with van der Waals surface area (Å²) < 4.78 is 5.95. The standard InChI is InChI=1S/C14H21NOS/c1-3-13(17-10-1)4-8-15-12-5-9-16-14(11-12)6-2-7-14/h1,3,10,12,15H,2,4-9,11H2. The fourth-order valence-electron chi connectivity index (χ4n) is 2.98. The number of nitrogens with one attached hydrogen (secondary N) is 1. The van der Waals surface area contributed by atoms with Gasteiger partial charge in [-0.2, -0.15) is 0 Å². The van der Waals surface area contributed by atoms with Crippen molar-refractivity contribution in [3.05, 3.63) is 22.4 Å². The zero-order chi connectivity index (χ0) is 11.6. The normalized spacial score (nSPS) is 26.9. The molecule has 1 atom stereocenters. The van der Waals surface area contributed by atoms with Crippen LogP contribution in [-0.4, -0.2) is 24.8 Å². The molecule has 3 heteroatoms. The second-order valence-corrected chi connectivity index (χ2v) is 6.39. The van der Waals surface area contributed by atoms with Gasteiger partial charge in [-0.3, -0.25) is 0 Å². The molecule has 94 valence electrons. The highest BCUT2D eigenvalue weighted by Gasteiger charge is 2.42. The molecule has 0 amide bonds. The van der Waals surface area contributed by atoms with Crippen molar-refractivity contribution in [3.63, 3.8) is 0 Å². The highest BCUT2D eigenvalue weighted by molar-refractivity contribution is 7.09. The average Bonchev–Trinajstić information content (AvgIpc) is 2.80. The van der Waals surface area contributed by atoms with Crippen molar-refractivity contribution < 1.29 is 4.74 Å². The van der Waals surface area contributed by atoms with Crippen LogP contribution in [0.1, 0.15) is 37.0 Å². The number of hydrogen-bond donors (Lipinski definition) is 1. The Bertz CT molecular complexity index is 345. The van der Waals surface area contributed by atoms with E-state index in [1.54, 1.807) is 0 Å². The Morgan fingerprint density at radius 1 is 1.47 bits per heavy atom. The summed E-state index contributed by atoms with van der Waals surface area (Å²) in [5.74, 6) is 0. The average molecular weight is 251 g/mol. The summed E-state index contributed by atoms with van der Waals surface area (Å²) in [6.45, 7) is 2.07. The molecule has 2 fully saturated rings. The summed E-state index contributed by atoms with van der Waals surface area (Å²) in [5, 5.41) is 5.87. The van der Waals surface area contributed by atoms with Crippen molar-refractivity contribution in [1.82, 2.24) is 5.32 Å². The van der Waals surface area contributed by atoms with E-state index in [2.05, 4.69) is 22.8 Å². The van der Waals surface area contributed by atoms with Crippen LogP contribution in [0.2, 0.25) is 0 Å². The molecule has 3 rings (SSSR count). The van der Waals surface area contributed by atoms with Crippen molar-refractivity contribution >= 4 is 11.3 Å². The minimum Gasteiger partial charge on any atom is -0.375 e. The summed E-state index contributed by atoms with van der Waals surface area (Å²) in [5.41, 5.74) is 0.277. The SMILES string of the molecule is c1csc(CCNC2CCOC3(CCC3)C2)c1. The van der Waals surface area contributed by atoms with Crippen LogP contribution in [0.5, 0.6) is 0 Å². The smallest absolute Gasteiger partial charge is 0.0697 e. The molecule has 0 aromatic carbocycles. The fraction of sp³-hybridized carbons (Fsp3) is 0.714. The Balaban J connectivity index is 1.42. The van der Waals surface area contributed by atoms with E-state index in [1.807, 2.05) is 11.3 Å². The van der Waals surface area contributed by atoms with Gasteiger partial charge >= 0.3 is 0 Å². The van der Waals surface area contributed by atoms with E-state index in [0.717, 1.165) is 13.2 Å². The van der Waals surface area contributed by atoms with Crippen LogP contribution < -0.4 is 5.32 Å². The predicted octanol–water partition coefficient (Wildman–Crippen LogP) is 2.98. The van der Waals surface area contributed by atoms with Crippen molar-refractivity contribution in [2.45, 2.75) is 50.2 Å². The van der Waals surface area contributed by atoms with Crippen molar-refractivity contribution in [1.29, 1.82) is 0 Å². The third-order valence-corrected chi connectivity index (χ3v) is 5.08. The summed E-state index contributed by atoms with van der Waals surface area (Å²) in [6, 6.07) is 5.05. The largest absolute Gasteiger partial charge is 0.375 e. The van der Waals surface area contributed by atoms with Crippen molar-refractivity contribution in [3.8, 4) is 0 Å². The predicted molar refractivity (Wildman–Crippen MR) is 71.6 cm³/mol. The molecule has 17 heavy (non-hydrogen) atoms. The Kier molecular flexibility index (Phi) is 3.50. The monoisotopic (exact) mass is 251 g/mol. The first kappa shape index (κ1) is 11.7. The molecule has 1 aromatic rings. The van der Waals surface area contributed by atoms with Gasteiger partial charge in [-0.15, -0.1) is 11.3 Å². The van der Waals surface area contributed by atoms with E-state index in [4.69, 9.17) is 4.74 Å². The van der Waals surface area contributed by atoms with E-state index in [1.165, 1.54) is 43.4 Å². The maximum Gasteiger partial charge on any atom is 0.0697 e. The summed E-state index contributed by atoms with van der Waals surface area (Å²) >= 11 is 1.86. The molecule has 1 aliphatic heterocycles. The Morgan fingerprint density at radius 3 is 3.12 bits per heavy atom. The van der Waals surface area contributed by atoms with Crippen LogP contribution in [0, 0.1) is 0 Å². The third-order valence-electron chi connectivity index (χ3n) is 4.14. The number of hydrogen-bond acceptors (Lipinski definition) is 3. The zero-order valence-electron chi connectivity index (χ0n) is 10.3. The van der Waals surface area contributed by atoms with Crippen LogP contribution in [0.4, 0.5) is 0 Å². The Morgan fingerprint density at radius 2 is 2.41 bits per heavy atom. The molecule has 2 aliphatic rings. The lowest BCUT2D eigenvalue weighted by Gasteiger charge is -2.47. The molecule has 1 aliphatic carbocycles. The maximum absolute atomic E-state index is 5.95. The van der Waals surface area contributed by atoms with Gasteiger partial charge in [-0.25, -0.2) is 0 Å².